The molecule has 0 N–H and O–H groups in total. The predicted molar refractivity (Wildman–Crippen MR) is 34.0 cm³/mol. The normalized spacial score (nSPS) is 7.17. The summed E-state index contributed by atoms with van der Waals surface area (Å²) in [4.78, 5) is 0. The molecule has 0 fully saturated rings. The molecule has 0 radical (unpaired) electrons. The Kier molecular flexibility index (Phi) is 125. The minimum Gasteiger partial charge on any atom is -0.0776 e. The SMILES string of the molecule is C.CC.[3H]C(C)C. The summed E-state index contributed by atoms with van der Waals surface area (Å²) >= 11 is 0. The van der Waals surface area contributed by atoms with Gasteiger partial charge in [0.25, 0.3) is 0 Å². The van der Waals surface area contributed by atoms with Crippen LogP contribution in [0.2, 0.25) is 0 Å². The van der Waals surface area contributed by atoms with E-state index in [0.29, 0.717) is 0 Å². The highest BCUT2D eigenvalue weighted by atomic mass is 13.4. The van der Waals surface area contributed by atoms with Crippen LogP contribution in [-0.4, -0.2) is 0 Å². The first-order valence-electron chi connectivity index (χ1n) is 2.73. The summed E-state index contributed by atoms with van der Waals surface area (Å²) < 4.78 is 6.58. The average molecular weight is 92.2 g/mol. The van der Waals surface area contributed by atoms with E-state index >= 15 is 0 Å². The molecule has 42 valence electrons. The Balaban J connectivity index is -0.0000000480. The van der Waals surface area contributed by atoms with Crippen molar-refractivity contribution in [3.05, 3.63) is 0 Å². The molecular formula is C6H18. The number of rotatable bonds is 0. The third-order valence-electron chi connectivity index (χ3n) is 0. The topological polar surface area (TPSA) is 0 Å². The molecule has 0 atom stereocenters. The summed E-state index contributed by atoms with van der Waals surface area (Å²) in [6, 6.07) is 0. The molecule has 0 saturated heterocycles. The Labute approximate surface area is 44.0 Å². The molecule has 0 unspecified atom stereocenters. The second kappa shape index (κ2) is 80.0. The van der Waals surface area contributed by atoms with Gasteiger partial charge in [-0.2, -0.15) is 0 Å². The van der Waals surface area contributed by atoms with Crippen molar-refractivity contribution in [1.29, 1.82) is 0 Å². The molecule has 0 aromatic carbocycles. The molecule has 0 heteroatoms. The molecule has 0 aromatic rings. The predicted octanol–water partition coefficient (Wildman–Crippen LogP) is 3.08. The van der Waals surface area contributed by atoms with E-state index in [4.69, 9.17) is 1.37 Å². The molecule has 0 aliphatic carbocycles. The van der Waals surface area contributed by atoms with Gasteiger partial charge in [-0.1, -0.05) is 41.5 Å². The zero-order valence-corrected chi connectivity index (χ0v) is 4.58. The molecule has 0 aliphatic rings. The van der Waals surface area contributed by atoms with Gasteiger partial charge in [0.1, 0.15) is 0 Å². The van der Waals surface area contributed by atoms with Crippen LogP contribution in [-0.2, 0) is 0 Å². The minimum absolute atomic E-state index is 0. The van der Waals surface area contributed by atoms with Crippen LogP contribution in [0.4, 0.5) is 0 Å². The van der Waals surface area contributed by atoms with Gasteiger partial charge in [0.05, 0.1) is 0 Å². The Morgan fingerprint density at radius 2 is 1.33 bits per heavy atom. The molecule has 0 spiro atoms. The van der Waals surface area contributed by atoms with Gasteiger partial charge in [-0.25, -0.2) is 0 Å². The zero-order chi connectivity index (χ0) is 5.58. The van der Waals surface area contributed by atoms with Gasteiger partial charge in [0, 0.05) is 1.37 Å². The fourth-order valence-corrected chi connectivity index (χ4v) is 0. The van der Waals surface area contributed by atoms with Crippen LogP contribution in [0.5, 0.6) is 0 Å². The fourth-order valence-electron chi connectivity index (χ4n) is 0. The molecule has 6 heavy (non-hydrogen) atoms. The third kappa shape index (κ3) is 0. The minimum atomic E-state index is 0. The Morgan fingerprint density at radius 1 is 1.33 bits per heavy atom. The monoisotopic (exact) mass is 92.1 g/mol. The number of hydrogen-bond acceptors (Lipinski definition) is 0. The highest BCUT2D eigenvalue weighted by Crippen LogP contribution is 1.56. The summed E-state index contributed by atoms with van der Waals surface area (Å²) in [5, 5.41) is 0. The lowest BCUT2D eigenvalue weighted by atomic mass is 10.6. The fraction of sp³-hybridized carbons (Fsp3) is 1.00. The van der Waals surface area contributed by atoms with Gasteiger partial charge in [-0.15, -0.1) is 0 Å². The van der Waals surface area contributed by atoms with Crippen molar-refractivity contribution in [3.8, 4) is 0 Å². The maximum absolute atomic E-state index is 6.58. The van der Waals surface area contributed by atoms with Crippen molar-refractivity contribution < 1.29 is 1.37 Å². The van der Waals surface area contributed by atoms with Crippen LogP contribution in [0.3, 0.4) is 0 Å². The van der Waals surface area contributed by atoms with Crippen LogP contribution in [0.25, 0.3) is 0 Å². The smallest absolute Gasteiger partial charge is 0.0261 e. The van der Waals surface area contributed by atoms with E-state index in [1.165, 1.54) is 0 Å². The highest BCUT2D eigenvalue weighted by molar-refractivity contribution is 3.92. The van der Waals surface area contributed by atoms with Gasteiger partial charge in [0.2, 0.25) is 0 Å². The van der Waals surface area contributed by atoms with Crippen LogP contribution in [0.15, 0.2) is 0 Å². The van der Waals surface area contributed by atoms with Crippen molar-refractivity contribution in [1.82, 2.24) is 0 Å². The molecule has 0 aromatic heterocycles. The van der Waals surface area contributed by atoms with E-state index in [9.17, 15) is 0 Å². The summed E-state index contributed by atoms with van der Waals surface area (Å²) in [6.07, 6.45) is 0.0833. The van der Waals surface area contributed by atoms with Crippen molar-refractivity contribution in [2.75, 3.05) is 0 Å². The van der Waals surface area contributed by atoms with Crippen molar-refractivity contribution in [2.24, 2.45) is 0 Å². The van der Waals surface area contributed by atoms with E-state index in [2.05, 4.69) is 0 Å². The van der Waals surface area contributed by atoms with Crippen LogP contribution >= 0.6 is 0 Å². The summed E-state index contributed by atoms with van der Waals surface area (Å²) in [7, 11) is 0. The maximum Gasteiger partial charge on any atom is 0.0261 e. The summed E-state index contributed by atoms with van der Waals surface area (Å²) in [5.74, 6) is 0. The van der Waals surface area contributed by atoms with Gasteiger partial charge in [0.15, 0.2) is 0 Å². The lowest BCUT2D eigenvalue weighted by Gasteiger charge is -1.48. The van der Waals surface area contributed by atoms with Crippen LogP contribution < -0.4 is 0 Å². The Bertz CT molecular complexity index is 8.90. The standard InChI is InChI=1S/C3H8.C2H6.CH4/c1-3-2;1-2;/h3H2,1-2H3;1-2H3;1H4/i3T;;. The Morgan fingerprint density at radius 3 is 1.33 bits per heavy atom. The van der Waals surface area contributed by atoms with Crippen molar-refractivity contribution in [2.45, 2.75) is 41.5 Å². The van der Waals surface area contributed by atoms with Crippen LogP contribution in [0.1, 0.15) is 42.9 Å². The lowest BCUT2D eigenvalue weighted by Crippen LogP contribution is -1.27. The van der Waals surface area contributed by atoms with Crippen molar-refractivity contribution in [3.63, 3.8) is 0 Å². The molecular weight excluding hydrogens is 72.1 g/mol. The van der Waals surface area contributed by atoms with Crippen LogP contribution in [0, 0.1) is 0 Å². The van der Waals surface area contributed by atoms with Gasteiger partial charge in [-0.3, -0.25) is 0 Å². The molecule has 0 heterocycles. The first-order chi connectivity index (χ1) is 2.73. The maximum atomic E-state index is 6.58. The third-order valence-corrected chi connectivity index (χ3v) is 0. The second-order valence-corrected chi connectivity index (χ2v) is 0.577. The molecule has 0 saturated carbocycles. The van der Waals surface area contributed by atoms with E-state index in [-0.39, 0.29) is 13.8 Å². The van der Waals surface area contributed by atoms with E-state index < -0.39 is 0 Å². The Hall–Kier alpha value is 0. The first-order valence-corrected chi connectivity index (χ1v) is 2.15. The number of hydrogen-bond donors (Lipinski definition) is 0. The molecule has 0 aliphatic heterocycles. The first kappa shape index (κ1) is 9.38. The highest BCUT2D eigenvalue weighted by Gasteiger charge is 1.35. The molecule has 0 bridgehead atoms. The zero-order valence-electron chi connectivity index (χ0n) is 5.58. The van der Waals surface area contributed by atoms with E-state index in [0.717, 1.165) is 0 Å². The quantitative estimate of drug-likeness (QED) is 0.430. The average Bonchev–Trinajstić information content (AvgIpc) is 1.41. The summed E-state index contributed by atoms with van der Waals surface area (Å²) in [6.45, 7) is 7.67. The van der Waals surface area contributed by atoms with Crippen molar-refractivity contribution >= 4 is 0 Å². The molecule has 0 amide bonds. The lowest BCUT2D eigenvalue weighted by molar-refractivity contribution is 1.09. The largest absolute Gasteiger partial charge is 0.0776 e. The van der Waals surface area contributed by atoms with Gasteiger partial charge in [-0.05, 0) is 0 Å². The van der Waals surface area contributed by atoms with Gasteiger partial charge < -0.3 is 0 Å². The van der Waals surface area contributed by atoms with Gasteiger partial charge >= 0.3 is 0 Å². The summed E-state index contributed by atoms with van der Waals surface area (Å²) in [5.41, 5.74) is 0. The van der Waals surface area contributed by atoms with E-state index in [1.54, 1.807) is 0 Å². The molecule has 0 nitrogen and oxygen atoms in total. The second-order valence-electron chi connectivity index (χ2n) is 0.577. The van der Waals surface area contributed by atoms with E-state index in [1.807, 2.05) is 27.7 Å². The molecule has 0 rings (SSSR count).